The molecule has 0 fully saturated rings. The lowest BCUT2D eigenvalue weighted by Gasteiger charge is -2.33. The van der Waals surface area contributed by atoms with Crippen molar-refractivity contribution in [2.45, 2.75) is 45.7 Å². The number of benzene rings is 3. The van der Waals surface area contributed by atoms with Gasteiger partial charge >= 0.3 is 0 Å². The van der Waals surface area contributed by atoms with Gasteiger partial charge < -0.3 is 10.2 Å². The first-order valence-corrected chi connectivity index (χ1v) is 16.2. The molecule has 0 saturated heterocycles. The summed E-state index contributed by atoms with van der Waals surface area (Å²) in [5.74, 6) is -0.896. The Hall–Kier alpha value is -2.78. The second-order valence-electron chi connectivity index (χ2n) is 9.85. The average Bonchev–Trinajstić information content (AvgIpc) is 2.91. The number of sulfonamides is 1. The number of anilines is 1. The van der Waals surface area contributed by atoms with Crippen LogP contribution in [0.15, 0.2) is 66.7 Å². The number of carbonyl (C=O) groups excluding carboxylic acids is 2. The van der Waals surface area contributed by atoms with Crippen molar-refractivity contribution >= 4 is 62.3 Å². The number of hydrogen-bond donors (Lipinski definition) is 1. The number of nitrogens with one attached hydrogen (secondary N) is 1. The molecular weight excluding hydrogens is 605 g/mol. The third-order valence-corrected chi connectivity index (χ3v) is 8.63. The highest BCUT2D eigenvalue weighted by Crippen LogP contribution is 2.35. The van der Waals surface area contributed by atoms with Crippen LogP contribution in [0, 0.1) is 6.92 Å². The molecule has 2 amide bonds. The Kier molecular flexibility index (Phi) is 11.9. The van der Waals surface area contributed by atoms with Gasteiger partial charge in [-0.3, -0.25) is 13.9 Å². The van der Waals surface area contributed by atoms with E-state index < -0.39 is 28.5 Å². The molecule has 0 radical (unpaired) electrons. The Labute approximate surface area is 257 Å². The van der Waals surface area contributed by atoms with E-state index in [1.54, 1.807) is 0 Å². The number of aryl methyl sites for hydroxylation is 1. The summed E-state index contributed by atoms with van der Waals surface area (Å²) in [6.45, 7) is 3.91. The maximum Gasteiger partial charge on any atom is 0.244 e. The van der Waals surface area contributed by atoms with Crippen molar-refractivity contribution in [3.63, 3.8) is 0 Å². The molecule has 0 bridgehead atoms. The molecule has 0 unspecified atom stereocenters. The number of rotatable bonds is 13. The zero-order valence-corrected chi connectivity index (χ0v) is 26.3. The third-order valence-electron chi connectivity index (χ3n) is 6.47. The van der Waals surface area contributed by atoms with Crippen LogP contribution in [0.4, 0.5) is 5.69 Å². The smallest absolute Gasteiger partial charge is 0.244 e. The largest absolute Gasteiger partial charge is 0.354 e. The molecule has 0 aliphatic carbocycles. The fourth-order valence-corrected chi connectivity index (χ4v) is 5.91. The molecule has 41 heavy (non-hydrogen) atoms. The van der Waals surface area contributed by atoms with Crippen molar-refractivity contribution in [2.24, 2.45) is 0 Å². The highest BCUT2D eigenvalue weighted by Gasteiger charge is 2.33. The molecule has 220 valence electrons. The Balaban J connectivity index is 2.07. The van der Waals surface area contributed by atoms with Crippen molar-refractivity contribution in [3.05, 3.63) is 98.5 Å². The summed E-state index contributed by atoms with van der Waals surface area (Å²) in [6.07, 6.45) is 2.89. The third kappa shape index (κ3) is 9.36. The number of carbonyl (C=O) groups is 2. The minimum Gasteiger partial charge on any atom is -0.354 e. The standard InChI is InChI=1S/C30H34Cl3N3O4S/c1-4-5-14-34-30(38)28(16-22-11-7-6-8-12-22)35(19-23-13-9-10-21(2)15-23)29(37)20-36(41(3,39)40)27-18-25(32)24(31)17-26(27)33/h6-13,15,17-18,28H,4-5,14,16,19-20H2,1-3H3,(H,34,38)/t28-/m1/s1. The lowest BCUT2D eigenvalue weighted by molar-refractivity contribution is -0.140. The number of hydrogen-bond acceptors (Lipinski definition) is 4. The van der Waals surface area contributed by atoms with Crippen LogP contribution >= 0.6 is 34.8 Å². The summed E-state index contributed by atoms with van der Waals surface area (Å²) < 4.78 is 26.8. The zero-order chi connectivity index (χ0) is 30.2. The van der Waals surface area contributed by atoms with Gasteiger partial charge in [0, 0.05) is 19.5 Å². The van der Waals surface area contributed by atoms with Crippen LogP contribution in [0.3, 0.4) is 0 Å². The van der Waals surface area contributed by atoms with Gasteiger partial charge in [0.15, 0.2) is 0 Å². The monoisotopic (exact) mass is 637 g/mol. The molecule has 0 spiro atoms. The van der Waals surface area contributed by atoms with Gasteiger partial charge in [-0.1, -0.05) is 108 Å². The minimum absolute atomic E-state index is 0.0134. The van der Waals surface area contributed by atoms with Crippen LogP contribution < -0.4 is 9.62 Å². The van der Waals surface area contributed by atoms with E-state index in [4.69, 9.17) is 34.8 Å². The molecule has 3 aromatic rings. The van der Waals surface area contributed by atoms with Crippen molar-refractivity contribution in [1.29, 1.82) is 0 Å². The van der Waals surface area contributed by atoms with Crippen LogP contribution in [0.25, 0.3) is 0 Å². The SMILES string of the molecule is CCCCNC(=O)[C@@H](Cc1ccccc1)N(Cc1cccc(C)c1)C(=O)CN(c1cc(Cl)c(Cl)cc1Cl)S(C)(=O)=O. The first-order chi connectivity index (χ1) is 19.4. The minimum atomic E-state index is -4.00. The summed E-state index contributed by atoms with van der Waals surface area (Å²) in [5.41, 5.74) is 2.66. The summed E-state index contributed by atoms with van der Waals surface area (Å²) in [6, 6.07) is 18.7. The van der Waals surface area contributed by atoms with Crippen LogP contribution in [0.2, 0.25) is 15.1 Å². The summed E-state index contributed by atoms with van der Waals surface area (Å²) in [7, 11) is -4.00. The van der Waals surface area contributed by atoms with E-state index in [1.165, 1.54) is 17.0 Å². The van der Waals surface area contributed by atoms with E-state index >= 15 is 0 Å². The van der Waals surface area contributed by atoms with Crippen LogP contribution in [-0.2, 0) is 32.6 Å². The summed E-state index contributed by atoms with van der Waals surface area (Å²) in [5, 5.41) is 3.20. The molecule has 0 aliphatic rings. The van der Waals surface area contributed by atoms with Gasteiger partial charge in [0.2, 0.25) is 21.8 Å². The van der Waals surface area contributed by atoms with Crippen molar-refractivity contribution in [2.75, 3.05) is 23.7 Å². The number of nitrogens with zero attached hydrogens (tertiary/aromatic N) is 2. The van der Waals surface area contributed by atoms with Crippen LogP contribution in [0.5, 0.6) is 0 Å². The first kappa shape index (κ1) is 32.7. The van der Waals surface area contributed by atoms with E-state index in [0.717, 1.165) is 40.1 Å². The van der Waals surface area contributed by atoms with Gasteiger partial charge in [0.05, 0.1) is 27.0 Å². The topological polar surface area (TPSA) is 86.8 Å². The highest BCUT2D eigenvalue weighted by atomic mass is 35.5. The Morgan fingerprint density at radius 1 is 0.902 bits per heavy atom. The zero-order valence-electron chi connectivity index (χ0n) is 23.2. The fraction of sp³-hybridized carbons (Fsp3) is 0.333. The van der Waals surface area contributed by atoms with E-state index in [2.05, 4.69) is 5.32 Å². The van der Waals surface area contributed by atoms with Crippen molar-refractivity contribution < 1.29 is 18.0 Å². The quantitative estimate of drug-likeness (QED) is 0.176. The normalized spacial score (nSPS) is 12.0. The molecule has 0 heterocycles. The predicted molar refractivity (Wildman–Crippen MR) is 167 cm³/mol. The van der Waals surface area contributed by atoms with E-state index in [-0.39, 0.29) is 39.6 Å². The molecule has 0 aliphatic heterocycles. The van der Waals surface area contributed by atoms with Gasteiger partial charge in [-0.25, -0.2) is 8.42 Å². The van der Waals surface area contributed by atoms with Gasteiger partial charge in [0.25, 0.3) is 0 Å². The number of amides is 2. The maximum atomic E-state index is 14.1. The fourth-order valence-electron chi connectivity index (χ4n) is 4.37. The van der Waals surface area contributed by atoms with Gasteiger partial charge in [-0.05, 0) is 36.6 Å². The molecule has 0 aromatic heterocycles. The lowest BCUT2D eigenvalue weighted by atomic mass is 10.0. The van der Waals surface area contributed by atoms with E-state index in [1.807, 2.05) is 68.4 Å². The molecule has 3 rings (SSSR count). The predicted octanol–water partition coefficient (Wildman–Crippen LogP) is 6.28. The van der Waals surface area contributed by atoms with Gasteiger partial charge in [0.1, 0.15) is 12.6 Å². The Morgan fingerprint density at radius 2 is 1.56 bits per heavy atom. The molecule has 0 saturated carbocycles. The lowest BCUT2D eigenvalue weighted by Crippen LogP contribution is -2.53. The van der Waals surface area contributed by atoms with Crippen LogP contribution in [0.1, 0.15) is 36.5 Å². The molecule has 7 nitrogen and oxygen atoms in total. The van der Waals surface area contributed by atoms with Gasteiger partial charge in [-0.15, -0.1) is 0 Å². The number of unbranched alkanes of at least 4 members (excludes halogenated alkanes) is 1. The molecule has 3 aromatic carbocycles. The molecule has 1 N–H and O–H groups in total. The van der Waals surface area contributed by atoms with Crippen LogP contribution in [-0.4, -0.2) is 50.5 Å². The summed E-state index contributed by atoms with van der Waals surface area (Å²) in [4.78, 5) is 29.2. The number of halogens is 3. The Bertz CT molecular complexity index is 1470. The highest BCUT2D eigenvalue weighted by molar-refractivity contribution is 7.92. The van der Waals surface area contributed by atoms with Crippen molar-refractivity contribution in [1.82, 2.24) is 10.2 Å². The van der Waals surface area contributed by atoms with E-state index in [9.17, 15) is 18.0 Å². The second-order valence-corrected chi connectivity index (χ2v) is 13.0. The molecule has 11 heteroatoms. The van der Waals surface area contributed by atoms with Crippen molar-refractivity contribution in [3.8, 4) is 0 Å². The maximum absolute atomic E-state index is 14.1. The molecular formula is C30H34Cl3N3O4S. The first-order valence-electron chi connectivity index (χ1n) is 13.2. The summed E-state index contributed by atoms with van der Waals surface area (Å²) >= 11 is 18.6. The van der Waals surface area contributed by atoms with E-state index in [0.29, 0.717) is 6.54 Å². The molecule has 1 atom stereocenters. The average molecular weight is 639 g/mol. The second kappa shape index (κ2) is 14.9. The van der Waals surface area contributed by atoms with Gasteiger partial charge in [-0.2, -0.15) is 0 Å². The Morgan fingerprint density at radius 3 is 2.20 bits per heavy atom.